The highest BCUT2D eigenvalue weighted by Crippen LogP contribution is 2.31. The summed E-state index contributed by atoms with van der Waals surface area (Å²) in [6, 6.07) is 5.20. The van der Waals surface area contributed by atoms with Crippen LogP contribution in [0.4, 0.5) is 13.2 Å². The predicted molar refractivity (Wildman–Crippen MR) is 89.6 cm³/mol. The van der Waals surface area contributed by atoms with Gasteiger partial charge < -0.3 is 9.32 Å². The number of nitrogens with zero attached hydrogens (tertiary/aromatic N) is 2. The van der Waals surface area contributed by atoms with Crippen LogP contribution in [0.1, 0.15) is 21.7 Å². The van der Waals surface area contributed by atoms with Gasteiger partial charge in [-0.1, -0.05) is 6.07 Å². The number of hydrogen-bond donors (Lipinski definition) is 0. The van der Waals surface area contributed by atoms with Crippen molar-refractivity contribution in [2.45, 2.75) is 18.0 Å². The van der Waals surface area contributed by atoms with Gasteiger partial charge in [-0.25, -0.2) is 8.42 Å². The minimum atomic E-state index is -4.63. The third-order valence-corrected chi connectivity index (χ3v) is 6.31. The van der Waals surface area contributed by atoms with Gasteiger partial charge in [0.2, 0.25) is 10.0 Å². The Morgan fingerprint density at radius 3 is 2.33 bits per heavy atom. The van der Waals surface area contributed by atoms with Crippen molar-refractivity contribution in [3.63, 3.8) is 0 Å². The van der Waals surface area contributed by atoms with Gasteiger partial charge in [0, 0.05) is 26.2 Å². The molecule has 1 fully saturated rings. The van der Waals surface area contributed by atoms with E-state index >= 15 is 0 Å². The number of sulfonamides is 1. The van der Waals surface area contributed by atoms with Gasteiger partial charge in [-0.15, -0.1) is 0 Å². The second-order valence-electron chi connectivity index (χ2n) is 6.11. The molecule has 27 heavy (non-hydrogen) atoms. The van der Waals surface area contributed by atoms with E-state index in [0.29, 0.717) is 17.4 Å². The molecule has 1 aromatic carbocycles. The number of halogens is 3. The molecule has 6 nitrogen and oxygen atoms in total. The summed E-state index contributed by atoms with van der Waals surface area (Å²) in [7, 11) is -4.08. The first kappa shape index (κ1) is 19.4. The lowest BCUT2D eigenvalue weighted by Crippen LogP contribution is -2.50. The first-order valence-electron chi connectivity index (χ1n) is 8.11. The van der Waals surface area contributed by atoms with Crippen molar-refractivity contribution < 1.29 is 30.8 Å². The third-order valence-electron chi connectivity index (χ3n) is 4.41. The molecule has 146 valence electrons. The Bertz CT molecular complexity index is 945. The normalized spacial score (nSPS) is 16.5. The molecule has 0 aliphatic carbocycles. The van der Waals surface area contributed by atoms with Crippen LogP contribution in [-0.2, 0) is 16.2 Å². The molecular weight excluding hydrogens is 385 g/mol. The van der Waals surface area contributed by atoms with Crippen LogP contribution >= 0.6 is 0 Å². The fourth-order valence-electron chi connectivity index (χ4n) is 2.89. The van der Waals surface area contributed by atoms with Crippen LogP contribution in [0.25, 0.3) is 0 Å². The number of piperazine rings is 1. The summed E-state index contributed by atoms with van der Waals surface area (Å²) >= 11 is 0. The largest absolute Gasteiger partial charge is 0.469 e. The lowest BCUT2D eigenvalue weighted by Gasteiger charge is -2.34. The molecule has 10 heteroatoms. The minimum absolute atomic E-state index is 0.00121. The first-order chi connectivity index (χ1) is 12.6. The van der Waals surface area contributed by atoms with E-state index in [1.54, 1.807) is 13.0 Å². The van der Waals surface area contributed by atoms with Crippen LogP contribution in [0.2, 0.25) is 0 Å². The molecule has 0 N–H and O–H groups in total. The molecule has 3 rings (SSSR count). The third kappa shape index (κ3) is 3.86. The smallest absolute Gasteiger partial charge is 0.416 e. The Morgan fingerprint density at radius 2 is 1.78 bits per heavy atom. The van der Waals surface area contributed by atoms with E-state index in [1.807, 2.05) is 0 Å². The maximum atomic E-state index is 12.8. The number of benzene rings is 1. The van der Waals surface area contributed by atoms with Gasteiger partial charge in [-0.3, -0.25) is 4.79 Å². The van der Waals surface area contributed by atoms with Crippen LogP contribution in [-0.4, -0.2) is 49.7 Å². The molecule has 1 amide bonds. The van der Waals surface area contributed by atoms with Crippen LogP contribution in [0.5, 0.6) is 0 Å². The van der Waals surface area contributed by atoms with E-state index < -0.39 is 26.7 Å². The van der Waals surface area contributed by atoms with Crippen molar-refractivity contribution in [1.82, 2.24) is 9.21 Å². The summed E-state index contributed by atoms with van der Waals surface area (Å²) in [6.07, 6.45) is -3.23. The first-order valence-corrected chi connectivity index (χ1v) is 9.55. The van der Waals surface area contributed by atoms with E-state index in [4.69, 9.17) is 4.42 Å². The summed E-state index contributed by atoms with van der Waals surface area (Å²) in [4.78, 5) is 13.5. The second-order valence-corrected chi connectivity index (χ2v) is 8.05. The second kappa shape index (κ2) is 7.01. The molecule has 0 spiro atoms. The quantitative estimate of drug-likeness (QED) is 0.792. The highest BCUT2D eigenvalue weighted by molar-refractivity contribution is 7.89. The molecule has 0 atom stereocenters. The Morgan fingerprint density at radius 1 is 1.11 bits per heavy atom. The zero-order valence-corrected chi connectivity index (χ0v) is 15.2. The summed E-state index contributed by atoms with van der Waals surface area (Å²) in [5.74, 6) is 0.205. The Labute approximate surface area is 154 Å². The summed E-state index contributed by atoms with van der Waals surface area (Å²) < 4.78 is 70.1. The fraction of sp³-hybridized carbons (Fsp3) is 0.353. The van der Waals surface area contributed by atoms with E-state index in [9.17, 15) is 26.4 Å². The molecule has 0 radical (unpaired) electrons. The van der Waals surface area contributed by atoms with E-state index in [2.05, 4.69) is 0 Å². The molecular formula is C17H17F3N2O4S. The van der Waals surface area contributed by atoms with Crippen molar-refractivity contribution in [2.24, 2.45) is 0 Å². The van der Waals surface area contributed by atoms with Gasteiger partial charge in [0.1, 0.15) is 5.76 Å². The minimum Gasteiger partial charge on any atom is -0.469 e. The SMILES string of the molecule is Cc1occc1C(=O)N1CCN(S(=O)(=O)c2cccc(C(F)(F)F)c2)CC1. The topological polar surface area (TPSA) is 70.8 Å². The lowest BCUT2D eigenvalue weighted by atomic mass is 10.2. The molecule has 1 aliphatic rings. The Balaban J connectivity index is 1.74. The zero-order chi connectivity index (χ0) is 19.8. The van der Waals surface area contributed by atoms with Crippen molar-refractivity contribution >= 4 is 15.9 Å². The number of carbonyl (C=O) groups excluding carboxylic acids is 1. The van der Waals surface area contributed by atoms with Gasteiger partial charge >= 0.3 is 6.18 Å². The van der Waals surface area contributed by atoms with Gasteiger partial charge in [0.25, 0.3) is 5.91 Å². The monoisotopic (exact) mass is 402 g/mol. The average molecular weight is 402 g/mol. The molecule has 2 aromatic rings. The maximum absolute atomic E-state index is 12.8. The molecule has 0 bridgehead atoms. The van der Waals surface area contributed by atoms with Crippen LogP contribution in [0.3, 0.4) is 0 Å². The number of alkyl halides is 3. The summed E-state index contributed by atoms with van der Waals surface area (Å²) in [5, 5.41) is 0. The number of aryl methyl sites for hydroxylation is 1. The number of furan rings is 1. The average Bonchev–Trinajstić information content (AvgIpc) is 3.06. The van der Waals surface area contributed by atoms with Crippen molar-refractivity contribution in [3.8, 4) is 0 Å². The number of rotatable bonds is 3. The molecule has 1 aliphatic heterocycles. The Kier molecular flexibility index (Phi) is 5.04. The van der Waals surface area contributed by atoms with Gasteiger partial charge in [-0.05, 0) is 31.2 Å². The lowest BCUT2D eigenvalue weighted by molar-refractivity contribution is -0.137. The summed E-state index contributed by atoms with van der Waals surface area (Å²) in [6.45, 7) is 1.94. The highest BCUT2D eigenvalue weighted by atomic mass is 32.2. The zero-order valence-electron chi connectivity index (χ0n) is 14.4. The van der Waals surface area contributed by atoms with Crippen molar-refractivity contribution in [1.29, 1.82) is 0 Å². The molecule has 1 saturated heterocycles. The number of amides is 1. The van der Waals surface area contributed by atoms with Crippen LogP contribution in [0.15, 0.2) is 45.9 Å². The predicted octanol–water partition coefficient (Wildman–Crippen LogP) is 2.75. The molecule has 0 unspecified atom stereocenters. The van der Waals surface area contributed by atoms with Gasteiger partial charge in [0.05, 0.1) is 22.3 Å². The molecule has 0 saturated carbocycles. The number of hydrogen-bond acceptors (Lipinski definition) is 4. The fourth-order valence-corrected chi connectivity index (χ4v) is 4.36. The highest BCUT2D eigenvalue weighted by Gasteiger charge is 2.34. The van der Waals surface area contributed by atoms with Gasteiger partial charge in [0.15, 0.2) is 0 Å². The molecule has 2 heterocycles. The van der Waals surface area contributed by atoms with Crippen molar-refractivity contribution in [2.75, 3.05) is 26.2 Å². The van der Waals surface area contributed by atoms with Crippen LogP contribution < -0.4 is 0 Å². The molecule has 1 aromatic heterocycles. The van der Waals surface area contributed by atoms with E-state index in [0.717, 1.165) is 22.5 Å². The van der Waals surface area contributed by atoms with E-state index in [1.165, 1.54) is 11.2 Å². The standard InChI is InChI=1S/C17H17F3N2O4S/c1-12-15(5-10-26-12)16(23)21-6-8-22(9-7-21)27(24,25)14-4-2-3-13(11-14)17(18,19)20/h2-5,10-11H,6-9H2,1H3. The van der Waals surface area contributed by atoms with Gasteiger partial charge in [-0.2, -0.15) is 17.5 Å². The maximum Gasteiger partial charge on any atom is 0.416 e. The summed E-state index contributed by atoms with van der Waals surface area (Å²) in [5.41, 5.74) is -0.614. The van der Waals surface area contributed by atoms with Crippen LogP contribution in [0, 0.1) is 6.92 Å². The van der Waals surface area contributed by atoms with E-state index in [-0.39, 0.29) is 32.1 Å². The Hall–Kier alpha value is -2.33. The van der Waals surface area contributed by atoms with Crippen molar-refractivity contribution in [3.05, 3.63) is 53.5 Å². The number of carbonyl (C=O) groups is 1.